The summed E-state index contributed by atoms with van der Waals surface area (Å²) in [5, 5.41) is 0. The van der Waals surface area contributed by atoms with E-state index < -0.39 is 11.6 Å². The van der Waals surface area contributed by atoms with Crippen molar-refractivity contribution in [3.8, 4) is 0 Å². The third-order valence-electron chi connectivity index (χ3n) is 4.01. The minimum Gasteiger partial charge on any atom is -0.341 e. The van der Waals surface area contributed by atoms with Gasteiger partial charge in [-0.2, -0.15) is 0 Å². The highest BCUT2D eigenvalue weighted by atomic mass is 19.1. The van der Waals surface area contributed by atoms with Gasteiger partial charge in [0.15, 0.2) is 0 Å². The zero-order valence-corrected chi connectivity index (χ0v) is 12.6. The van der Waals surface area contributed by atoms with Crippen LogP contribution in [0.3, 0.4) is 0 Å². The normalized spacial score (nSPS) is 18.9. The van der Waals surface area contributed by atoms with Crippen LogP contribution in [0.5, 0.6) is 0 Å². The summed E-state index contributed by atoms with van der Waals surface area (Å²) in [4.78, 5) is 2.12. The van der Waals surface area contributed by atoms with Crippen molar-refractivity contribution in [2.75, 3.05) is 6.54 Å². The second kappa shape index (κ2) is 5.54. The predicted octanol–water partition coefficient (Wildman–Crippen LogP) is 3.74. The van der Waals surface area contributed by atoms with Crippen LogP contribution >= 0.6 is 0 Å². The fraction of sp³-hybridized carbons (Fsp3) is 0.222. The summed E-state index contributed by atoms with van der Waals surface area (Å²) in [5.41, 5.74) is 10.5. The van der Waals surface area contributed by atoms with Crippen molar-refractivity contribution in [3.63, 3.8) is 0 Å². The number of fused-ring (bicyclic) bond motifs is 1. The number of benzene rings is 1. The number of allylic oxidation sites excluding steroid dienone is 4. The molecule has 0 saturated carbocycles. The Morgan fingerprint density at radius 1 is 1.18 bits per heavy atom. The molecule has 0 aliphatic carbocycles. The maximum absolute atomic E-state index is 13.6. The maximum Gasteiger partial charge on any atom is 0.126 e. The summed E-state index contributed by atoms with van der Waals surface area (Å²) in [7, 11) is 0. The minimum absolute atomic E-state index is 0.212. The molecular formula is C18H18F2N2. The number of hydrogen-bond donors (Lipinski definition) is 1. The molecule has 2 aliphatic rings. The van der Waals surface area contributed by atoms with Crippen LogP contribution in [0.1, 0.15) is 19.4 Å². The van der Waals surface area contributed by atoms with Crippen molar-refractivity contribution in [3.05, 3.63) is 76.7 Å². The fourth-order valence-corrected chi connectivity index (χ4v) is 2.90. The molecule has 0 saturated heterocycles. The lowest BCUT2D eigenvalue weighted by Gasteiger charge is -2.35. The van der Waals surface area contributed by atoms with E-state index in [1.54, 1.807) is 0 Å². The van der Waals surface area contributed by atoms with Gasteiger partial charge in [0.25, 0.3) is 0 Å². The highest BCUT2D eigenvalue weighted by molar-refractivity contribution is 5.76. The fourth-order valence-electron chi connectivity index (χ4n) is 2.90. The Bertz CT molecular complexity index is 719. The van der Waals surface area contributed by atoms with Gasteiger partial charge in [-0.3, -0.25) is 0 Å². The average molecular weight is 300 g/mol. The predicted molar refractivity (Wildman–Crippen MR) is 84.6 cm³/mol. The molecule has 0 bridgehead atoms. The number of rotatable bonds is 2. The van der Waals surface area contributed by atoms with Crippen molar-refractivity contribution in [2.45, 2.75) is 19.9 Å². The van der Waals surface area contributed by atoms with Crippen molar-refractivity contribution in [1.82, 2.24) is 4.90 Å². The maximum atomic E-state index is 13.6. The molecule has 1 aromatic carbocycles. The molecule has 1 unspecified atom stereocenters. The summed E-state index contributed by atoms with van der Waals surface area (Å²) in [6, 6.07) is 3.39. The average Bonchev–Trinajstić information content (AvgIpc) is 2.45. The van der Waals surface area contributed by atoms with Gasteiger partial charge in [0.1, 0.15) is 11.6 Å². The van der Waals surface area contributed by atoms with Crippen LogP contribution in [0.25, 0.3) is 5.57 Å². The molecule has 3 rings (SSSR count). The molecule has 0 aromatic heterocycles. The lowest BCUT2D eigenvalue weighted by molar-refractivity contribution is 0.481. The lowest BCUT2D eigenvalue weighted by Crippen LogP contribution is -2.31. The van der Waals surface area contributed by atoms with Crippen LogP contribution < -0.4 is 5.73 Å². The van der Waals surface area contributed by atoms with Crippen molar-refractivity contribution in [2.24, 2.45) is 5.73 Å². The number of halogens is 2. The summed E-state index contributed by atoms with van der Waals surface area (Å²) in [5.74, 6) is -1.15. The van der Waals surface area contributed by atoms with E-state index in [1.165, 1.54) is 12.1 Å². The van der Waals surface area contributed by atoms with Crippen LogP contribution in [0.15, 0.2) is 59.5 Å². The van der Waals surface area contributed by atoms with Gasteiger partial charge < -0.3 is 10.6 Å². The Morgan fingerprint density at radius 3 is 2.50 bits per heavy atom. The first-order valence-corrected chi connectivity index (χ1v) is 7.25. The van der Waals surface area contributed by atoms with E-state index in [0.29, 0.717) is 12.1 Å². The Balaban J connectivity index is 2.15. The van der Waals surface area contributed by atoms with Gasteiger partial charge >= 0.3 is 0 Å². The molecule has 2 nitrogen and oxygen atoms in total. The van der Waals surface area contributed by atoms with Crippen LogP contribution in [-0.2, 0) is 0 Å². The summed E-state index contributed by atoms with van der Waals surface area (Å²) >= 11 is 0. The molecule has 1 atom stereocenters. The highest BCUT2D eigenvalue weighted by Gasteiger charge is 2.24. The second-order valence-electron chi connectivity index (χ2n) is 5.70. The monoisotopic (exact) mass is 300 g/mol. The van der Waals surface area contributed by atoms with E-state index >= 15 is 0 Å². The van der Waals surface area contributed by atoms with Crippen LogP contribution in [-0.4, -0.2) is 17.5 Å². The summed E-state index contributed by atoms with van der Waals surface area (Å²) < 4.78 is 27.2. The van der Waals surface area contributed by atoms with Gasteiger partial charge in [-0.1, -0.05) is 6.08 Å². The molecule has 0 amide bonds. The summed E-state index contributed by atoms with van der Waals surface area (Å²) in [6.07, 6.45) is 8.01. The largest absolute Gasteiger partial charge is 0.341 e. The van der Waals surface area contributed by atoms with Gasteiger partial charge in [0.05, 0.1) is 0 Å². The zero-order valence-electron chi connectivity index (χ0n) is 12.6. The molecule has 2 N–H and O–H groups in total. The molecule has 2 heterocycles. The van der Waals surface area contributed by atoms with Gasteiger partial charge in [0.2, 0.25) is 0 Å². The Labute approximate surface area is 128 Å². The Kier molecular flexibility index (Phi) is 3.71. The molecule has 0 radical (unpaired) electrons. The molecule has 1 aromatic rings. The second-order valence-corrected chi connectivity index (χ2v) is 5.70. The Hall–Kier alpha value is -2.20. The molecule has 0 fully saturated rings. The van der Waals surface area contributed by atoms with Gasteiger partial charge in [-0.05, 0) is 60.9 Å². The molecule has 2 aliphatic heterocycles. The van der Waals surface area contributed by atoms with Crippen LogP contribution in [0.2, 0.25) is 0 Å². The van der Waals surface area contributed by atoms with Gasteiger partial charge in [-0.25, -0.2) is 8.78 Å². The van der Waals surface area contributed by atoms with E-state index in [4.69, 9.17) is 5.73 Å². The molecule has 22 heavy (non-hydrogen) atoms. The third kappa shape index (κ3) is 2.62. The van der Waals surface area contributed by atoms with Crippen molar-refractivity contribution < 1.29 is 8.78 Å². The zero-order chi connectivity index (χ0) is 15.9. The van der Waals surface area contributed by atoms with Crippen molar-refractivity contribution in [1.29, 1.82) is 0 Å². The molecule has 114 valence electrons. The number of nitrogens with two attached hydrogens (primary N) is 1. The lowest BCUT2D eigenvalue weighted by atomic mass is 9.90. The quantitative estimate of drug-likeness (QED) is 0.901. The van der Waals surface area contributed by atoms with E-state index in [2.05, 4.69) is 4.90 Å². The van der Waals surface area contributed by atoms with E-state index in [0.717, 1.165) is 28.6 Å². The first-order valence-electron chi connectivity index (χ1n) is 7.25. The van der Waals surface area contributed by atoms with E-state index in [1.807, 2.05) is 38.2 Å². The Morgan fingerprint density at radius 2 is 1.86 bits per heavy atom. The number of nitrogens with zero attached hydrogens (tertiary/aromatic N) is 1. The van der Waals surface area contributed by atoms with E-state index in [-0.39, 0.29) is 6.04 Å². The molecule has 4 heteroatoms. The third-order valence-corrected chi connectivity index (χ3v) is 4.01. The molecular weight excluding hydrogens is 282 g/mol. The minimum atomic E-state index is -0.577. The standard InChI is InChI=1S/C18H18F2N2/c1-11-4-3-5-16-9-17(12(2)21)18(10-22(11)16)13-6-14(19)8-15(20)7-13/h3-9,12H,10,21H2,1-2H3. The van der Waals surface area contributed by atoms with Gasteiger partial charge in [-0.15, -0.1) is 0 Å². The first kappa shape index (κ1) is 14.7. The highest BCUT2D eigenvalue weighted by Crippen LogP contribution is 2.34. The first-order chi connectivity index (χ1) is 10.5. The van der Waals surface area contributed by atoms with E-state index in [9.17, 15) is 8.78 Å². The summed E-state index contributed by atoms with van der Waals surface area (Å²) in [6.45, 7) is 4.45. The topological polar surface area (TPSA) is 29.3 Å². The van der Waals surface area contributed by atoms with Crippen molar-refractivity contribution >= 4 is 5.57 Å². The van der Waals surface area contributed by atoms with Gasteiger partial charge in [0, 0.05) is 30.0 Å². The van der Waals surface area contributed by atoms with Crippen LogP contribution in [0, 0.1) is 11.6 Å². The smallest absolute Gasteiger partial charge is 0.126 e. The molecule has 0 spiro atoms. The SMILES string of the molecule is CC1=CC=CC2=CC(C(C)N)=C(c3cc(F)cc(F)c3)CN12. The number of hydrogen-bond acceptors (Lipinski definition) is 2. The van der Waals surface area contributed by atoms with Crippen LogP contribution in [0.4, 0.5) is 8.78 Å².